The number of carbonyl (C=O) groups is 1. The van der Waals surface area contributed by atoms with Gasteiger partial charge >= 0.3 is 0 Å². The van der Waals surface area contributed by atoms with Crippen LogP contribution in [0.3, 0.4) is 0 Å². The lowest BCUT2D eigenvalue weighted by Gasteiger charge is -2.03. The monoisotopic (exact) mass is 424 g/mol. The molecule has 22 heavy (non-hydrogen) atoms. The van der Waals surface area contributed by atoms with E-state index >= 15 is 0 Å². The van der Waals surface area contributed by atoms with Gasteiger partial charge in [-0.2, -0.15) is 0 Å². The lowest BCUT2D eigenvalue weighted by atomic mass is 10.2. The summed E-state index contributed by atoms with van der Waals surface area (Å²) in [7, 11) is 0. The van der Waals surface area contributed by atoms with Gasteiger partial charge in [-0.1, -0.05) is 23.5 Å². The van der Waals surface area contributed by atoms with Crippen molar-refractivity contribution in [1.82, 2.24) is 4.98 Å². The Morgan fingerprint density at radius 3 is 2.91 bits per heavy atom. The third-order valence-electron chi connectivity index (χ3n) is 3.01. The molecule has 3 aromatic rings. The van der Waals surface area contributed by atoms with Gasteiger partial charge < -0.3 is 4.74 Å². The summed E-state index contributed by atoms with van der Waals surface area (Å²) in [6, 6.07) is 13.2. The van der Waals surface area contributed by atoms with Gasteiger partial charge in [0.25, 0.3) is 5.91 Å². The molecule has 0 unspecified atom stereocenters. The zero-order chi connectivity index (χ0) is 15.5. The fourth-order valence-electron chi connectivity index (χ4n) is 2.02. The number of hydrogen-bond acceptors (Lipinski definition) is 4. The van der Waals surface area contributed by atoms with Crippen LogP contribution in [0.15, 0.2) is 42.5 Å². The number of anilines is 1. The van der Waals surface area contributed by atoms with Gasteiger partial charge in [-0.3, -0.25) is 10.1 Å². The summed E-state index contributed by atoms with van der Waals surface area (Å²) < 4.78 is 7.38. The highest BCUT2D eigenvalue weighted by Gasteiger charge is 2.12. The van der Waals surface area contributed by atoms with Crippen LogP contribution in [-0.2, 0) is 0 Å². The number of hydrogen-bond donors (Lipinski definition) is 1. The molecule has 1 amide bonds. The van der Waals surface area contributed by atoms with Crippen molar-refractivity contribution in [3.8, 4) is 5.75 Å². The predicted molar refractivity (Wildman–Crippen MR) is 97.9 cm³/mol. The van der Waals surface area contributed by atoms with E-state index in [1.54, 1.807) is 6.07 Å². The van der Waals surface area contributed by atoms with E-state index in [1.807, 2.05) is 43.3 Å². The molecule has 0 bridgehead atoms. The highest BCUT2D eigenvalue weighted by atomic mass is 127. The van der Waals surface area contributed by atoms with Crippen molar-refractivity contribution in [3.63, 3.8) is 0 Å². The molecule has 2 aromatic carbocycles. The molecule has 0 spiro atoms. The molecule has 0 atom stereocenters. The Balaban J connectivity index is 1.85. The normalized spacial score (nSPS) is 10.6. The topological polar surface area (TPSA) is 51.2 Å². The van der Waals surface area contributed by atoms with E-state index in [1.165, 1.54) is 11.3 Å². The number of nitrogens with zero attached hydrogens (tertiary/aromatic N) is 1. The standard InChI is InChI=1S/C16H13IN2O2S/c1-2-21-10-7-8-13-14(9-10)22-16(18-13)19-15(20)11-5-3-4-6-12(11)17/h3-9H,2H2,1H3,(H,18,19,20). The molecule has 0 radical (unpaired) electrons. The van der Waals surface area contributed by atoms with Gasteiger partial charge in [-0.25, -0.2) is 4.98 Å². The first-order chi connectivity index (χ1) is 10.7. The molecule has 112 valence electrons. The summed E-state index contributed by atoms with van der Waals surface area (Å²) in [6.45, 7) is 2.57. The minimum atomic E-state index is -0.144. The highest BCUT2D eigenvalue weighted by Crippen LogP contribution is 2.29. The highest BCUT2D eigenvalue weighted by molar-refractivity contribution is 14.1. The van der Waals surface area contributed by atoms with Crippen LogP contribution >= 0.6 is 33.9 Å². The van der Waals surface area contributed by atoms with Gasteiger partial charge in [-0.15, -0.1) is 0 Å². The van der Waals surface area contributed by atoms with Crippen LogP contribution in [0.5, 0.6) is 5.75 Å². The second kappa shape index (κ2) is 6.62. The Labute approximate surface area is 145 Å². The van der Waals surface area contributed by atoms with Crippen LogP contribution in [0.25, 0.3) is 10.2 Å². The molecule has 0 aliphatic carbocycles. The number of benzene rings is 2. The Morgan fingerprint density at radius 1 is 1.32 bits per heavy atom. The molecular weight excluding hydrogens is 411 g/mol. The predicted octanol–water partition coefficient (Wildman–Crippen LogP) is 4.55. The number of rotatable bonds is 4. The molecular formula is C16H13IN2O2S. The number of carbonyl (C=O) groups excluding carboxylic acids is 1. The lowest BCUT2D eigenvalue weighted by Crippen LogP contribution is -2.12. The van der Waals surface area contributed by atoms with Crippen molar-refractivity contribution in [2.75, 3.05) is 11.9 Å². The quantitative estimate of drug-likeness (QED) is 0.626. The first-order valence-corrected chi connectivity index (χ1v) is 8.66. The molecule has 1 N–H and O–H groups in total. The van der Waals surface area contributed by atoms with Crippen molar-refractivity contribution >= 4 is 55.2 Å². The zero-order valence-corrected chi connectivity index (χ0v) is 14.8. The first-order valence-electron chi connectivity index (χ1n) is 6.76. The molecule has 0 aliphatic heterocycles. The maximum absolute atomic E-state index is 12.3. The van der Waals surface area contributed by atoms with Crippen LogP contribution < -0.4 is 10.1 Å². The van der Waals surface area contributed by atoms with E-state index in [9.17, 15) is 4.79 Å². The van der Waals surface area contributed by atoms with Gasteiger partial charge in [0.1, 0.15) is 5.75 Å². The van der Waals surface area contributed by atoms with Crippen molar-refractivity contribution < 1.29 is 9.53 Å². The summed E-state index contributed by atoms with van der Waals surface area (Å²) in [5.74, 6) is 0.670. The Hall–Kier alpha value is -1.67. The van der Waals surface area contributed by atoms with E-state index in [0.29, 0.717) is 17.3 Å². The molecule has 4 nitrogen and oxygen atoms in total. The fraction of sp³-hybridized carbons (Fsp3) is 0.125. The van der Waals surface area contributed by atoms with Crippen molar-refractivity contribution in [3.05, 3.63) is 51.6 Å². The molecule has 0 saturated carbocycles. The van der Waals surface area contributed by atoms with Gasteiger partial charge in [0, 0.05) is 3.57 Å². The van der Waals surface area contributed by atoms with Crippen molar-refractivity contribution in [2.45, 2.75) is 6.92 Å². The van der Waals surface area contributed by atoms with Gasteiger partial charge in [0.2, 0.25) is 0 Å². The molecule has 0 saturated heterocycles. The Bertz CT molecular complexity index is 832. The van der Waals surface area contributed by atoms with E-state index in [-0.39, 0.29) is 5.91 Å². The molecule has 1 aromatic heterocycles. The number of amides is 1. The van der Waals surface area contributed by atoms with E-state index in [2.05, 4.69) is 32.9 Å². The smallest absolute Gasteiger partial charge is 0.258 e. The minimum Gasteiger partial charge on any atom is -0.494 e. The molecule has 1 heterocycles. The van der Waals surface area contributed by atoms with Crippen LogP contribution in [0.2, 0.25) is 0 Å². The van der Waals surface area contributed by atoms with E-state index in [4.69, 9.17) is 4.74 Å². The minimum absolute atomic E-state index is 0.144. The number of fused-ring (bicyclic) bond motifs is 1. The number of nitrogens with one attached hydrogen (secondary N) is 1. The number of aromatic nitrogens is 1. The summed E-state index contributed by atoms with van der Waals surface area (Å²) in [5.41, 5.74) is 1.50. The summed E-state index contributed by atoms with van der Waals surface area (Å²) in [5, 5.41) is 3.45. The van der Waals surface area contributed by atoms with Crippen LogP contribution in [-0.4, -0.2) is 17.5 Å². The van der Waals surface area contributed by atoms with E-state index < -0.39 is 0 Å². The fourth-order valence-corrected chi connectivity index (χ4v) is 3.55. The van der Waals surface area contributed by atoms with Gasteiger partial charge in [-0.05, 0) is 59.8 Å². The third-order valence-corrected chi connectivity index (χ3v) is 4.88. The molecule has 0 fully saturated rings. The average molecular weight is 424 g/mol. The second-order valence-electron chi connectivity index (χ2n) is 4.52. The van der Waals surface area contributed by atoms with Crippen LogP contribution in [0, 0.1) is 3.57 Å². The van der Waals surface area contributed by atoms with Crippen LogP contribution in [0.1, 0.15) is 17.3 Å². The summed E-state index contributed by atoms with van der Waals surface area (Å²) >= 11 is 3.59. The number of thiazole rings is 1. The number of halogens is 1. The molecule has 0 aliphatic rings. The summed E-state index contributed by atoms with van der Waals surface area (Å²) in [4.78, 5) is 16.7. The van der Waals surface area contributed by atoms with Crippen molar-refractivity contribution in [1.29, 1.82) is 0 Å². The summed E-state index contributed by atoms with van der Waals surface area (Å²) in [6.07, 6.45) is 0. The Kier molecular flexibility index (Phi) is 4.58. The second-order valence-corrected chi connectivity index (χ2v) is 6.71. The maximum atomic E-state index is 12.3. The van der Waals surface area contributed by atoms with Crippen molar-refractivity contribution in [2.24, 2.45) is 0 Å². The molecule has 6 heteroatoms. The zero-order valence-electron chi connectivity index (χ0n) is 11.8. The van der Waals surface area contributed by atoms with Gasteiger partial charge in [0.05, 0.1) is 22.4 Å². The third kappa shape index (κ3) is 3.22. The largest absolute Gasteiger partial charge is 0.494 e. The maximum Gasteiger partial charge on any atom is 0.258 e. The van der Waals surface area contributed by atoms with Crippen LogP contribution in [0.4, 0.5) is 5.13 Å². The SMILES string of the molecule is CCOc1ccc2nc(NC(=O)c3ccccc3I)sc2c1. The number of ether oxygens (including phenoxy) is 1. The molecule has 3 rings (SSSR count). The Morgan fingerprint density at radius 2 is 2.14 bits per heavy atom. The first kappa shape index (κ1) is 15.2. The average Bonchev–Trinajstić information content (AvgIpc) is 2.89. The van der Waals surface area contributed by atoms with E-state index in [0.717, 1.165) is 19.5 Å². The lowest BCUT2D eigenvalue weighted by molar-refractivity contribution is 0.102. The van der Waals surface area contributed by atoms with Gasteiger partial charge in [0.15, 0.2) is 5.13 Å².